The molecule has 0 spiro atoms. The summed E-state index contributed by atoms with van der Waals surface area (Å²) in [5.74, 6) is -0.0830. The van der Waals surface area contributed by atoms with Gasteiger partial charge in [0.25, 0.3) is 0 Å². The van der Waals surface area contributed by atoms with Gasteiger partial charge < -0.3 is 15.4 Å². The Hall–Kier alpha value is -1.39. The zero-order chi connectivity index (χ0) is 13.0. The van der Waals surface area contributed by atoms with Crippen LogP contribution in [0.2, 0.25) is 0 Å². The summed E-state index contributed by atoms with van der Waals surface area (Å²) in [5, 5.41) is 6.08. The SMILES string of the molecule is CCc1cccc(NC(=O)C2COCC2NC)c1. The number of nitrogens with one attached hydrogen (secondary N) is 2. The highest BCUT2D eigenvalue weighted by molar-refractivity contribution is 5.93. The fraction of sp³-hybridized carbons (Fsp3) is 0.500. The topological polar surface area (TPSA) is 50.4 Å². The van der Waals surface area contributed by atoms with E-state index >= 15 is 0 Å². The van der Waals surface area contributed by atoms with Crippen LogP contribution < -0.4 is 10.6 Å². The van der Waals surface area contributed by atoms with Crippen LogP contribution in [-0.4, -0.2) is 32.2 Å². The van der Waals surface area contributed by atoms with Crippen molar-refractivity contribution in [1.82, 2.24) is 5.32 Å². The largest absolute Gasteiger partial charge is 0.379 e. The van der Waals surface area contributed by atoms with Crippen LogP contribution >= 0.6 is 0 Å². The van der Waals surface area contributed by atoms with Gasteiger partial charge in [0.05, 0.1) is 19.1 Å². The number of hydrogen-bond donors (Lipinski definition) is 2. The molecule has 2 N–H and O–H groups in total. The fourth-order valence-electron chi connectivity index (χ4n) is 2.20. The standard InChI is InChI=1S/C14H20N2O2/c1-3-10-5-4-6-11(7-10)16-14(17)12-8-18-9-13(12)15-2/h4-7,12-13,15H,3,8-9H2,1-2H3,(H,16,17). The summed E-state index contributed by atoms with van der Waals surface area (Å²) in [4.78, 5) is 12.2. The molecule has 2 atom stereocenters. The molecule has 0 saturated carbocycles. The maximum absolute atomic E-state index is 12.2. The molecule has 1 aromatic carbocycles. The van der Waals surface area contributed by atoms with Crippen LogP contribution in [0.1, 0.15) is 12.5 Å². The maximum Gasteiger partial charge on any atom is 0.231 e. The van der Waals surface area contributed by atoms with E-state index in [-0.39, 0.29) is 17.9 Å². The second kappa shape index (κ2) is 5.98. The van der Waals surface area contributed by atoms with E-state index in [9.17, 15) is 4.79 Å². The summed E-state index contributed by atoms with van der Waals surface area (Å²) in [6.07, 6.45) is 0.968. The van der Waals surface area contributed by atoms with Gasteiger partial charge in [-0.3, -0.25) is 4.79 Å². The number of amides is 1. The van der Waals surface area contributed by atoms with Gasteiger partial charge in [-0.1, -0.05) is 19.1 Å². The van der Waals surface area contributed by atoms with E-state index in [1.165, 1.54) is 5.56 Å². The van der Waals surface area contributed by atoms with Crippen molar-refractivity contribution in [1.29, 1.82) is 0 Å². The predicted octanol–water partition coefficient (Wildman–Crippen LogP) is 1.42. The van der Waals surface area contributed by atoms with Gasteiger partial charge in [-0.15, -0.1) is 0 Å². The molecular weight excluding hydrogens is 228 g/mol. The van der Waals surface area contributed by atoms with Crippen LogP contribution in [0.5, 0.6) is 0 Å². The molecule has 4 heteroatoms. The highest BCUT2D eigenvalue weighted by atomic mass is 16.5. The van der Waals surface area contributed by atoms with Gasteiger partial charge in [-0.2, -0.15) is 0 Å². The molecule has 1 fully saturated rings. The summed E-state index contributed by atoms with van der Waals surface area (Å²) in [6, 6.07) is 8.07. The van der Waals surface area contributed by atoms with Crippen molar-refractivity contribution < 1.29 is 9.53 Å². The molecule has 0 aliphatic carbocycles. The fourth-order valence-corrected chi connectivity index (χ4v) is 2.20. The minimum absolute atomic E-state index is 0.0279. The van der Waals surface area contributed by atoms with Gasteiger partial charge in [-0.05, 0) is 31.2 Å². The Morgan fingerprint density at radius 1 is 1.44 bits per heavy atom. The molecule has 1 aromatic rings. The molecular formula is C14H20N2O2. The first-order chi connectivity index (χ1) is 8.74. The van der Waals surface area contributed by atoms with Crippen molar-refractivity contribution in [2.24, 2.45) is 5.92 Å². The van der Waals surface area contributed by atoms with Crippen molar-refractivity contribution in [3.05, 3.63) is 29.8 Å². The lowest BCUT2D eigenvalue weighted by Crippen LogP contribution is -2.39. The summed E-state index contributed by atoms with van der Waals surface area (Å²) in [7, 11) is 1.86. The molecule has 1 heterocycles. The lowest BCUT2D eigenvalue weighted by Gasteiger charge is -2.16. The first kappa shape index (κ1) is 13.1. The second-order valence-electron chi connectivity index (χ2n) is 4.58. The van der Waals surface area contributed by atoms with Crippen LogP contribution in [-0.2, 0) is 16.0 Å². The molecule has 1 saturated heterocycles. The number of hydrogen-bond acceptors (Lipinski definition) is 3. The monoisotopic (exact) mass is 248 g/mol. The predicted molar refractivity (Wildman–Crippen MR) is 71.6 cm³/mol. The highest BCUT2D eigenvalue weighted by Crippen LogP contribution is 2.17. The summed E-state index contributed by atoms with van der Waals surface area (Å²) < 4.78 is 5.34. The number of carbonyl (C=O) groups excluding carboxylic acids is 1. The average Bonchev–Trinajstić information content (AvgIpc) is 2.87. The molecule has 1 aliphatic rings. The molecule has 2 rings (SSSR count). The molecule has 4 nitrogen and oxygen atoms in total. The van der Waals surface area contributed by atoms with Crippen molar-refractivity contribution >= 4 is 11.6 Å². The Labute approximate surface area is 108 Å². The highest BCUT2D eigenvalue weighted by Gasteiger charge is 2.32. The van der Waals surface area contributed by atoms with Crippen LogP contribution in [0.15, 0.2) is 24.3 Å². The minimum Gasteiger partial charge on any atom is -0.379 e. The molecule has 1 amide bonds. The lowest BCUT2D eigenvalue weighted by atomic mass is 10.0. The van der Waals surface area contributed by atoms with Crippen molar-refractivity contribution in [2.75, 3.05) is 25.6 Å². The number of benzene rings is 1. The number of carbonyl (C=O) groups is 1. The number of likely N-dealkylation sites (N-methyl/N-ethyl adjacent to an activating group) is 1. The number of rotatable bonds is 4. The molecule has 0 bridgehead atoms. The van der Waals surface area contributed by atoms with E-state index in [1.807, 2.05) is 25.2 Å². The van der Waals surface area contributed by atoms with Crippen molar-refractivity contribution in [3.8, 4) is 0 Å². The maximum atomic E-state index is 12.2. The number of aryl methyl sites for hydroxylation is 1. The Morgan fingerprint density at radius 3 is 3.00 bits per heavy atom. The Morgan fingerprint density at radius 2 is 2.28 bits per heavy atom. The van der Waals surface area contributed by atoms with Crippen LogP contribution in [0.4, 0.5) is 5.69 Å². The molecule has 98 valence electrons. The van der Waals surface area contributed by atoms with E-state index in [0.29, 0.717) is 13.2 Å². The Bertz CT molecular complexity index is 420. The minimum atomic E-state index is -0.111. The molecule has 18 heavy (non-hydrogen) atoms. The molecule has 1 aliphatic heterocycles. The zero-order valence-corrected chi connectivity index (χ0v) is 10.9. The first-order valence-corrected chi connectivity index (χ1v) is 6.39. The average molecular weight is 248 g/mol. The van der Waals surface area contributed by atoms with Gasteiger partial charge >= 0.3 is 0 Å². The van der Waals surface area contributed by atoms with Gasteiger partial charge in [0.1, 0.15) is 0 Å². The van der Waals surface area contributed by atoms with Crippen LogP contribution in [0.25, 0.3) is 0 Å². The molecule has 0 radical (unpaired) electrons. The van der Waals surface area contributed by atoms with Gasteiger partial charge in [-0.25, -0.2) is 0 Å². The van der Waals surface area contributed by atoms with E-state index < -0.39 is 0 Å². The zero-order valence-electron chi connectivity index (χ0n) is 10.9. The number of ether oxygens (including phenoxy) is 1. The van der Waals surface area contributed by atoms with Crippen molar-refractivity contribution in [2.45, 2.75) is 19.4 Å². The Balaban J connectivity index is 2.02. The van der Waals surface area contributed by atoms with Crippen LogP contribution in [0.3, 0.4) is 0 Å². The quantitative estimate of drug-likeness (QED) is 0.847. The van der Waals surface area contributed by atoms with Gasteiger partial charge in [0.2, 0.25) is 5.91 Å². The van der Waals surface area contributed by atoms with Gasteiger partial charge in [0, 0.05) is 11.7 Å². The third kappa shape index (κ3) is 2.89. The van der Waals surface area contributed by atoms with E-state index in [4.69, 9.17) is 4.74 Å². The lowest BCUT2D eigenvalue weighted by molar-refractivity contribution is -0.120. The third-order valence-electron chi connectivity index (χ3n) is 3.39. The van der Waals surface area contributed by atoms with E-state index in [2.05, 4.69) is 23.6 Å². The van der Waals surface area contributed by atoms with E-state index in [0.717, 1.165) is 12.1 Å². The Kier molecular flexibility index (Phi) is 4.33. The molecule has 2 unspecified atom stereocenters. The summed E-state index contributed by atoms with van der Waals surface area (Å²) >= 11 is 0. The van der Waals surface area contributed by atoms with Crippen LogP contribution in [0, 0.1) is 5.92 Å². The van der Waals surface area contributed by atoms with Crippen molar-refractivity contribution in [3.63, 3.8) is 0 Å². The second-order valence-corrected chi connectivity index (χ2v) is 4.58. The van der Waals surface area contributed by atoms with Gasteiger partial charge in [0.15, 0.2) is 0 Å². The molecule has 0 aromatic heterocycles. The van der Waals surface area contributed by atoms with E-state index in [1.54, 1.807) is 0 Å². The third-order valence-corrected chi connectivity index (χ3v) is 3.39. The number of anilines is 1. The normalized spacial score (nSPS) is 23.0. The summed E-state index contributed by atoms with van der Waals surface area (Å²) in [5.41, 5.74) is 2.08. The summed E-state index contributed by atoms with van der Waals surface area (Å²) in [6.45, 7) is 3.19. The smallest absolute Gasteiger partial charge is 0.231 e. The first-order valence-electron chi connectivity index (χ1n) is 6.39.